The third-order valence-electron chi connectivity index (χ3n) is 2.40. The van der Waals surface area contributed by atoms with Crippen molar-refractivity contribution in [2.24, 2.45) is 0 Å². The Morgan fingerprint density at radius 2 is 2.22 bits per heavy atom. The first-order chi connectivity index (χ1) is 8.63. The molecule has 0 saturated heterocycles. The molecule has 0 heterocycles. The number of carbonyl (C=O) groups excluding carboxylic acids is 1. The van der Waals surface area contributed by atoms with Crippen LogP contribution in [0.25, 0.3) is 0 Å². The lowest BCUT2D eigenvalue weighted by Crippen LogP contribution is -2.12. The lowest BCUT2D eigenvalue weighted by Gasteiger charge is -2.06. The first-order valence-electron chi connectivity index (χ1n) is 6.06. The summed E-state index contributed by atoms with van der Waals surface area (Å²) < 4.78 is 12.9. The summed E-state index contributed by atoms with van der Waals surface area (Å²) in [5.74, 6) is 1.36. The van der Waals surface area contributed by atoms with Gasteiger partial charge in [-0.2, -0.15) is 11.8 Å². The van der Waals surface area contributed by atoms with Crippen LogP contribution in [0.15, 0.2) is 18.2 Å². The van der Waals surface area contributed by atoms with Crippen LogP contribution in [-0.2, 0) is 4.79 Å². The molecule has 1 amide bonds. The average molecular weight is 270 g/mol. The van der Waals surface area contributed by atoms with Gasteiger partial charge in [-0.1, -0.05) is 13.3 Å². The number of rotatable bonds is 7. The zero-order valence-electron chi connectivity index (χ0n) is 10.5. The molecule has 100 valence electrons. The minimum atomic E-state index is -0.469. The van der Waals surface area contributed by atoms with Gasteiger partial charge >= 0.3 is 0 Å². The van der Waals surface area contributed by atoms with Crippen LogP contribution in [0, 0.1) is 5.82 Å². The molecule has 0 bridgehead atoms. The quantitative estimate of drug-likeness (QED) is 0.590. The molecule has 1 aromatic rings. The number of anilines is 2. The summed E-state index contributed by atoms with van der Waals surface area (Å²) in [5, 5.41) is 2.70. The van der Waals surface area contributed by atoms with Crippen LogP contribution >= 0.6 is 11.8 Å². The van der Waals surface area contributed by atoms with Crippen molar-refractivity contribution in [2.75, 3.05) is 22.6 Å². The van der Waals surface area contributed by atoms with Crippen LogP contribution in [-0.4, -0.2) is 17.4 Å². The molecule has 18 heavy (non-hydrogen) atoms. The van der Waals surface area contributed by atoms with Gasteiger partial charge in [0.25, 0.3) is 0 Å². The van der Waals surface area contributed by atoms with E-state index in [1.54, 1.807) is 11.8 Å². The number of carbonyl (C=O) groups is 1. The second-order valence-electron chi connectivity index (χ2n) is 4.00. The number of nitrogen functional groups attached to an aromatic ring is 1. The summed E-state index contributed by atoms with van der Waals surface area (Å²) in [7, 11) is 0. The molecule has 3 N–H and O–H groups in total. The maximum atomic E-state index is 12.9. The molecular formula is C13H19FN2OS. The maximum absolute atomic E-state index is 12.9. The van der Waals surface area contributed by atoms with Crippen molar-refractivity contribution in [1.29, 1.82) is 0 Å². The second kappa shape index (κ2) is 7.97. The van der Waals surface area contributed by atoms with Crippen LogP contribution in [0.5, 0.6) is 0 Å². The van der Waals surface area contributed by atoms with Crippen LogP contribution in [0.2, 0.25) is 0 Å². The highest BCUT2D eigenvalue weighted by atomic mass is 32.2. The summed E-state index contributed by atoms with van der Waals surface area (Å²) in [6, 6.07) is 4.19. The van der Waals surface area contributed by atoms with Crippen LogP contribution in [0.1, 0.15) is 26.2 Å². The zero-order valence-corrected chi connectivity index (χ0v) is 11.4. The van der Waals surface area contributed by atoms with Gasteiger partial charge in [0, 0.05) is 17.9 Å². The van der Waals surface area contributed by atoms with Gasteiger partial charge in [-0.25, -0.2) is 4.39 Å². The molecule has 5 heteroatoms. The van der Waals surface area contributed by atoms with E-state index >= 15 is 0 Å². The molecule has 0 fully saturated rings. The standard InChI is InChI=1S/C13H19FN2OS/c1-2-3-7-18-8-6-13(17)16-10-4-5-11(14)12(15)9-10/h4-5,9H,2-3,6-8,15H2,1H3,(H,16,17). The van der Waals surface area contributed by atoms with Gasteiger partial charge in [0.05, 0.1) is 5.69 Å². The third-order valence-corrected chi connectivity index (χ3v) is 3.47. The minimum Gasteiger partial charge on any atom is -0.396 e. The van der Waals surface area contributed by atoms with Crippen molar-refractivity contribution >= 4 is 29.0 Å². The maximum Gasteiger partial charge on any atom is 0.225 e. The Morgan fingerprint density at radius 3 is 2.89 bits per heavy atom. The van der Waals surface area contributed by atoms with E-state index in [2.05, 4.69) is 12.2 Å². The molecule has 1 aromatic carbocycles. The van der Waals surface area contributed by atoms with Crippen LogP contribution < -0.4 is 11.1 Å². The van der Waals surface area contributed by atoms with Crippen molar-refractivity contribution in [3.8, 4) is 0 Å². The van der Waals surface area contributed by atoms with Crippen molar-refractivity contribution in [2.45, 2.75) is 26.2 Å². The predicted molar refractivity (Wildman–Crippen MR) is 76.3 cm³/mol. The Kier molecular flexibility index (Phi) is 6.57. The topological polar surface area (TPSA) is 55.1 Å². The monoisotopic (exact) mass is 270 g/mol. The van der Waals surface area contributed by atoms with E-state index < -0.39 is 5.82 Å². The Morgan fingerprint density at radius 1 is 1.44 bits per heavy atom. The molecule has 0 atom stereocenters. The highest BCUT2D eigenvalue weighted by Crippen LogP contribution is 2.16. The van der Waals surface area contributed by atoms with Crippen LogP contribution in [0.3, 0.4) is 0 Å². The number of unbranched alkanes of at least 4 members (excludes halogenated alkanes) is 1. The Balaban J connectivity index is 2.29. The molecular weight excluding hydrogens is 251 g/mol. The first-order valence-corrected chi connectivity index (χ1v) is 7.21. The fourth-order valence-electron chi connectivity index (χ4n) is 1.36. The Hall–Kier alpha value is -1.23. The number of hydrogen-bond acceptors (Lipinski definition) is 3. The summed E-state index contributed by atoms with van der Waals surface area (Å²) >= 11 is 1.78. The van der Waals surface area contributed by atoms with Gasteiger partial charge in [0.15, 0.2) is 0 Å². The number of benzene rings is 1. The fourth-order valence-corrected chi connectivity index (χ4v) is 2.38. The number of amides is 1. The number of nitrogens with one attached hydrogen (secondary N) is 1. The van der Waals surface area contributed by atoms with Crippen molar-refractivity contribution in [3.05, 3.63) is 24.0 Å². The third kappa shape index (κ3) is 5.40. The SMILES string of the molecule is CCCCSCCC(=O)Nc1ccc(F)c(N)c1. The smallest absolute Gasteiger partial charge is 0.225 e. The number of nitrogens with two attached hydrogens (primary N) is 1. The van der Waals surface area contributed by atoms with Crippen molar-refractivity contribution in [1.82, 2.24) is 0 Å². The van der Waals surface area contributed by atoms with E-state index in [1.165, 1.54) is 31.0 Å². The molecule has 0 aromatic heterocycles. The largest absolute Gasteiger partial charge is 0.396 e. The minimum absolute atomic E-state index is 0.0464. The first kappa shape index (κ1) is 14.8. The molecule has 0 aliphatic rings. The highest BCUT2D eigenvalue weighted by molar-refractivity contribution is 7.99. The lowest BCUT2D eigenvalue weighted by atomic mass is 10.2. The second-order valence-corrected chi connectivity index (χ2v) is 5.23. The summed E-state index contributed by atoms with van der Waals surface area (Å²) in [6.45, 7) is 2.15. The molecule has 3 nitrogen and oxygen atoms in total. The van der Waals surface area contributed by atoms with Gasteiger partial charge in [-0.15, -0.1) is 0 Å². The van der Waals surface area contributed by atoms with Gasteiger partial charge < -0.3 is 11.1 Å². The van der Waals surface area contributed by atoms with E-state index in [0.717, 1.165) is 11.5 Å². The van der Waals surface area contributed by atoms with Crippen LogP contribution in [0.4, 0.5) is 15.8 Å². The molecule has 0 spiro atoms. The van der Waals surface area contributed by atoms with Gasteiger partial charge in [0.2, 0.25) is 5.91 Å². The number of hydrogen-bond donors (Lipinski definition) is 2. The Labute approximate surface area is 111 Å². The molecule has 0 aliphatic carbocycles. The van der Waals surface area contributed by atoms with E-state index in [-0.39, 0.29) is 11.6 Å². The van der Waals surface area contributed by atoms with E-state index in [1.807, 2.05) is 0 Å². The van der Waals surface area contributed by atoms with Gasteiger partial charge in [-0.05, 0) is 30.4 Å². The number of halogens is 1. The molecule has 0 unspecified atom stereocenters. The summed E-state index contributed by atoms with van der Waals surface area (Å²) in [4.78, 5) is 11.6. The fraction of sp³-hybridized carbons (Fsp3) is 0.462. The molecule has 0 aliphatic heterocycles. The zero-order chi connectivity index (χ0) is 13.4. The highest BCUT2D eigenvalue weighted by Gasteiger charge is 2.04. The van der Waals surface area contributed by atoms with E-state index in [9.17, 15) is 9.18 Å². The molecule has 0 radical (unpaired) electrons. The van der Waals surface area contributed by atoms with E-state index in [4.69, 9.17) is 5.73 Å². The van der Waals surface area contributed by atoms with E-state index in [0.29, 0.717) is 12.1 Å². The predicted octanol–water partition coefficient (Wildman–Crippen LogP) is 3.27. The normalized spacial score (nSPS) is 10.3. The Bertz CT molecular complexity index is 399. The van der Waals surface area contributed by atoms with Gasteiger partial charge in [-0.3, -0.25) is 4.79 Å². The average Bonchev–Trinajstić information content (AvgIpc) is 2.34. The van der Waals surface area contributed by atoms with Gasteiger partial charge in [0.1, 0.15) is 5.82 Å². The lowest BCUT2D eigenvalue weighted by molar-refractivity contribution is -0.115. The van der Waals surface area contributed by atoms with Crippen molar-refractivity contribution in [3.63, 3.8) is 0 Å². The van der Waals surface area contributed by atoms with Crippen molar-refractivity contribution < 1.29 is 9.18 Å². The summed E-state index contributed by atoms with van der Waals surface area (Å²) in [6.07, 6.45) is 2.82. The summed E-state index contributed by atoms with van der Waals surface area (Å²) in [5.41, 5.74) is 6.01. The molecule has 1 rings (SSSR count). The molecule has 0 saturated carbocycles. The number of thioether (sulfide) groups is 1.